The van der Waals surface area contributed by atoms with E-state index in [1.165, 1.54) is 0 Å². The normalized spacial score (nSPS) is 10.8. The van der Waals surface area contributed by atoms with Gasteiger partial charge in [0.2, 0.25) is 0 Å². The average molecular weight is 326 g/mol. The molecule has 0 aliphatic carbocycles. The lowest BCUT2D eigenvalue weighted by molar-refractivity contribution is 0.0939. The predicted octanol–water partition coefficient (Wildman–Crippen LogP) is 1.65. The molecule has 24 heavy (non-hydrogen) atoms. The minimum atomic E-state index is -0.383. The summed E-state index contributed by atoms with van der Waals surface area (Å²) in [6.45, 7) is 2.37. The van der Waals surface area contributed by atoms with Crippen LogP contribution in [0.3, 0.4) is 0 Å². The van der Waals surface area contributed by atoms with Crippen LogP contribution in [0.5, 0.6) is 0 Å². The van der Waals surface area contributed by atoms with E-state index in [4.69, 9.17) is 4.52 Å². The molecule has 0 radical (unpaired) electrons. The third-order valence-corrected chi connectivity index (χ3v) is 3.69. The number of nitrogens with one attached hydrogen (secondary N) is 1. The second-order valence-corrected chi connectivity index (χ2v) is 5.44. The molecule has 0 unspecified atom stereocenters. The molecule has 0 spiro atoms. The van der Waals surface area contributed by atoms with Crippen molar-refractivity contribution in [3.63, 3.8) is 0 Å². The number of hydrogen-bond donors (Lipinski definition) is 2. The number of nitrogens with zero attached hydrogens (tertiary/aromatic N) is 3. The van der Waals surface area contributed by atoms with Crippen LogP contribution in [0.15, 0.2) is 47.2 Å². The number of carbonyl (C=O) groups excluding carboxylic acids is 1. The SMILES string of the molecule is Cc1onc(C(=O)NCc2cnn(Cc3ccccc3)c2)c1CO. The van der Waals surface area contributed by atoms with E-state index in [1.807, 2.05) is 41.2 Å². The summed E-state index contributed by atoms with van der Waals surface area (Å²) in [5.41, 5.74) is 2.56. The van der Waals surface area contributed by atoms with E-state index in [2.05, 4.69) is 15.6 Å². The van der Waals surface area contributed by atoms with Gasteiger partial charge in [-0.05, 0) is 12.5 Å². The molecule has 0 bridgehead atoms. The second-order valence-electron chi connectivity index (χ2n) is 5.44. The Morgan fingerprint density at radius 1 is 1.29 bits per heavy atom. The Kier molecular flexibility index (Phi) is 4.72. The van der Waals surface area contributed by atoms with Gasteiger partial charge in [-0.25, -0.2) is 0 Å². The smallest absolute Gasteiger partial charge is 0.274 e. The van der Waals surface area contributed by atoms with Gasteiger partial charge in [-0.15, -0.1) is 0 Å². The lowest BCUT2D eigenvalue weighted by Crippen LogP contribution is -2.24. The Labute approximate surface area is 138 Å². The van der Waals surface area contributed by atoms with Gasteiger partial charge in [0.15, 0.2) is 5.69 Å². The highest BCUT2D eigenvalue weighted by Crippen LogP contribution is 2.13. The summed E-state index contributed by atoms with van der Waals surface area (Å²) in [6, 6.07) is 10.0. The van der Waals surface area contributed by atoms with Crippen LogP contribution in [-0.4, -0.2) is 26.0 Å². The van der Waals surface area contributed by atoms with Crippen molar-refractivity contribution in [3.8, 4) is 0 Å². The first-order valence-corrected chi connectivity index (χ1v) is 7.57. The van der Waals surface area contributed by atoms with Gasteiger partial charge in [0.25, 0.3) is 5.91 Å². The topological polar surface area (TPSA) is 93.2 Å². The van der Waals surface area contributed by atoms with Crippen LogP contribution in [0.4, 0.5) is 0 Å². The van der Waals surface area contributed by atoms with Gasteiger partial charge in [-0.1, -0.05) is 35.5 Å². The summed E-state index contributed by atoms with van der Waals surface area (Å²) in [5, 5.41) is 20.0. The highest BCUT2D eigenvalue weighted by Gasteiger charge is 2.18. The Bertz CT molecular complexity index is 823. The molecule has 0 aliphatic heterocycles. The van der Waals surface area contributed by atoms with Crippen molar-refractivity contribution < 1.29 is 14.4 Å². The fraction of sp³-hybridized carbons (Fsp3) is 0.235. The maximum Gasteiger partial charge on any atom is 0.274 e. The lowest BCUT2D eigenvalue weighted by Gasteiger charge is -2.02. The first-order valence-electron chi connectivity index (χ1n) is 7.57. The summed E-state index contributed by atoms with van der Waals surface area (Å²) in [5.74, 6) is 0.0602. The van der Waals surface area contributed by atoms with Crippen molar-refractivity contribution in [2.24, 2.45) is 0 Å². The lowest BCUT2D eigenvalue weighted by atomic mass is 10.2. The Hall–Kier alpha value is -2.93. The summed E-state index contributed by atoms with van der Waals surface area (Å²) >= 11 is 0. The van der Waals surface area contributed by atoms with E-state index >= 15 is 0 Å². The number of hydrogen-bond acceptors (Lipinski definition) is 5. The van der Waals surface area contributed by atoms with Crippen LogP contribution in [0.1, 0.15) is 32.9 Å². The third kappa shape index (κ3) is 3.52. The van der Waals surface area contributed by atoms with E-state index in [9.17, 15) is 9.90 Å². The number of aromatic nitrogens is 3. The van der Waals surface area contributed by atoms with Crippen molar-refractivity contribution in [1.82, 2.24) is 20.3 Å². The molecule has 2 N–H and O–H groups in total. The highest BCUT2D eigenvalue weighted by atomic mass is 16.5. The fourth-order valence-corrected chi connectivity index (χ4v) is 2.38. The van der Waals surface area contributed by atoms with Gasteiger partial charge in [0.1, 0.15) is 5.76 Å². The van der Waals surface area contributed by atoms with E-state index in [0.29, 0.717) is 24.4 Å². The highest BCUT2D eigenvalue weighted by molar-refractivity contribution is 5.93. The number of benzene rings is 1. The molecular weight excluding hydrogens is 308 g/mol. The molecule has 1 aromatic carbocycles. The number of carbonyl (C=O) groups is 1. The zero-order chi connectivity index (χ0) is 16.9. The number of rotatable bonds is 6. The van der Waals surface area contributed by atoms with Crippen LogP contribution in [0.2, 0.25) is 0 Å². The number of amides is 1. The molecule has 7 nitrogen and oxygen atoms in total. The van der Waals surface area contributed by atoms with Crippen molar-refractivity contribution in [2.45, 2.75) is 26.6 Å². The maximum atomic E-state index is 12.1. The van der Waals surface area contributed by atoms with Gasteiger partial charge < -0.3 is 14.9 Å². The van der Waals surface area contributed by atoms with Crippen molar-refractivity contribution in [3.05, 3.63) is 70.9 Å². The standard InChI is InChI=1S/C17H18N4O3/c1-12-15(11-22)16(20-24-12)17(23)18-7-14-8-19-21(10-14)9-13-5-3-2-4-6-13/h2-6,8,10,22H,7,9,11H2,1H3,(H,18,23). The first-order chi connectivity index (χ1) is 11.7. The van der Waals surface area contributed by atoms with E-state index in [0.717, 1.165) is 11.1 Å². The van der Waals surface area contributed by atoms with E-state index in [-0.39, 0.29) is 18.2 Å². The molecule has 2 aromatic heterocycles. The number of aliphatic hydroxyl groups excluding tert-OH is 1. The first kappa shape index (κ1) is 15.9. The largest absolute Gasteiger partial charge is 0.391 e. The van der Waals surface area contributed by atoms with Gasteiger partial charge in [-0.3, -0.25) is 9.48 Å². The second kappa shape index (κ2) is 7.10. The van der Waals surface area contributed by atoms with Crippen LogP contribution in [-0.2, 0) is 19.7 Å². The van der Waals surface area contributed by atoms with Crippen molar-refractivity contribution >= 4 is 5.91 Å². The average Bonchev–Trinajstić information content (AvgIpc) is 3.19. The number of aryl methyl sites for hydroxylation is 1. The summed E-state index contributed by atoms with van der Waals surface area (Å²) in [6.07, 6.45) is 3.60. The van der Waals surface area contributed by atoms with Crippen LogP contribution in [0, 0.1) is 6.92 Å². The molecule has 0 saturated carbocycles. The van der Waals surface area contributed by atoms with Crippen LogP contribution >= 0.6 is 0 Å². The zero-order valence-corrected chi connectivity index (χ0v) is 13.3. The molecule has 3 rings (SSSR count). The summed E-state index contributed by atoms with van der Waals surface area (Å²) < 4.78 is 6.76. The quantitative estimate of drug-likeness (QED) is 0.718. The van der Waals surface area contributed by atoms with Crippen LogP contribution < -0.4 is 5.32 Å². The summed E-state index contributed by atoms with van der Waals surface area (Å²) in [4.78, 5) is 12.1. The Morgan fingerprint density at radius 3 is 2.83 bits per heavy atom. The van der Waals surface area contributed by atoms with Crippen molar-refractivity contribution in [2.75, 3.05) is 0 Å². The van der Waals surface area contributed by atoms with Gasteiger partial charge in [0, 0.05) is 18.3 Å². The molecule has 0 fully saturated rings. The van der Waals surface area contributed by atoms with E-state index < -0.39 is 0 Å². The molecule has 124 valence electrons. The molecule has 0 aliphatic rings. The Balaban J connectivity index is 1.60. The monoisotopic (exact) mass is 326 g/mol. The van der Waals surface area contributed by atoms with Gasteiger partial charge in [0.05, 0.1) is 24.9 Å². The Morgan fingerprint density at radius 2 is 2.08 bits per heavy atom. The van der Waals surface area contributed by atoms with Crippen LogP contribution in [0.25, 0.3) is 0 Å². The summed E-state index contributed by atoms with van der Waals surface area (Å²) in [7, 11) is 0. The maximum absolute atomic E-state index is 12.1. The predicted molar refractivity (Wildman–Crippen MR) is 86.1 cm³/mol. The molecule has 3 aromatic rings. The van der Waals surface area contributed by atoms with E-state index in [1.54, 1.807) is 13.1 Å². The fourth-order valence-electron chi connectivity index (χ4n) is 2.38. The third-order valence-electron chi connectivity index (χ3n) is 3.69. The molecule has 7 heteroatoms. The molecule has 2 heterocycles. The zero-order valence-electron chi connectivity index (χ0n) is 13.3. The molecule has 1 amide bonds. The molecule has 0 atom stereocenters. The molecular formula is C17H18N4O3. The molecule has 0 saturated heterocycles. The van der Waals surface area contributed by atoms with Gasteiger partial charge in [-0.2, -0.15) is 5.10 Å². The number of aliphatic hydroxyl groups is 1. The van der Waals surface area contributed by atoms with Crippen molar-refractivity contribution in [1.29, 1.82) is 0 Å². The van der Waals surface area contributed by atoms with Gasteiger partial charge >= 0.3 is 0 Å². The minimum Gasteiger partial charge on any atom is -0.391 e. The minimum absolute atomic E-state index is 0.117.